The molecule has 2 aromatic heterocycles. The molecule has 0 saturated carbocycles. The van der Waals surface area contributed by atoms with E-state index >= 15 is 0 Å². The van der Waals surface area contributed by atoms with Crippen LogP contribution in [-0.2, 0) is 0 Å². The number of aryl methyl sites for hydroxylation is 2. The Morgan fingerprint density at radius 2 is 2.00 bits per heavy atom. The number of nitrogens with zero attached hydrogens (tertiary/aromatic N) is 2. The number of pyridine rings is 1. The maximum atomic E-state index is 11.1. The summed E-state index contributed by atoms with van der Waals surface area (Å²) in [6.07, 6.45) is 0. The molecule has 13 heavy (non-hydrogen) atoms. The van der Waals surface area contributed by atoms with Gasteiger partial charge in [-0.2, -0.15) is 4.98 Å². The average Bonchev–Trinajstić information content (AvgIpc) is 2.02. The molecule has 2 rings (SSSR count). The molecule has 66 valence electrons. The lowest BCUT2D eigenvalue weighted by Gasteiger charge is -2.06. The number of hydrogen-bond donors (Lipinski definition) is 0. The monoisotopic (exact) mass is 174 g/mol. The SMILES string of the molecule is Cc1cccc2nc(=O)cc(C)n12. The average molecular weight is 174 g/mol. The molecule has 0 saturated heterocycles. The Hall–Kier alpha value is -1.64. The minimum Gasteiger partial charge on any atom is -0.303 e. The van der Waals surface area contributed by atoms with Crippen molar-refractivity contribution >= 4 is 5.65 Å². The van der Waals surface area contributed by atoms with Crippen molar-refractivity contribution in [2.75, 3.05) is 0 Å². The molecule has 3 heteroatoms. The van der Waals surface area contributed by atoms with Crippen LogP contribution in [0.4, 0.5) is 0 Å². The zero-order chi connectivity index (χ0) is 9.42. The van der Waals surface area contributed by atoms with Crippen molar-refractivity contribution in [2.24, 2.45) is 0 Å². The molecule has 0 N–H and O–H groups in total. The van der Waals surface area contributed by atoms with Crippen LogP contribution < -0.4 is 5.56 Å². The molecular formula is C10H10N2O. The number of fused-ring (bicyclic) bond motifs is 1. The minimum atomic E-state index is -0.178. The maximum Gasteiger partial charge on any atom is 0.273 e. The molecule has 0 fully saturated rings. The quantitative estimate of drug-likeness (QED) is 0.603. The Morgan fingerprint density at radius 1 is 1.23 bits per heavy atom. The van der Waals surface area contributed by atoms with Gasteiger partial charge in [0.25, 0.3) is 5.56 Å². The molecule has 0 atom stereocenters. The highest BCUT2D eigenvalue weighted by Crippen LogP contribution is 2.05. The standard InChI is InChI=1S/C10H10N2O/c1-7-4-3-5-9-11-10(13)6-8(2)12(7)9/h3-6H,1-2H3. The van der Waals surface area contributed by atoms with Gasteiger partial charge >= 0.3 is 0 Å². The van der Waals surface area contributed by atoms with E-state index in [1.165, 1.54) is 0 Å². The third-order valence-electron chi connectivity index (χ3n) is 2.07. The molecule has 0 aliphatic rings. The Morgan fingerprint density at radius 3 is 2.77 bits per heavy atom. The van der Waals surface area contributed by atoms with E-state index in [2.05, 4.69) is 4.98 Å². The van der Waals surface area contributed by atoms with Crippen molar-refractivity contribution in [1.29, 1.82) is 0 Å². The molecule has 0 unspecified atom stereocenters. The summed E-state index contributed by atoms with van der Waals surface area (Å²) in [7, 11) is 0. The second kappa shape index (κ2) is 2.69. The summed E-state index contributed by atoms with van der Waals surface area (Å²) in [5, 5.41) is 0. The van der Waals surface area contributed by atoms with Gasteiger partial charge in [0.1, 0.15) is 5.65 Å². The fourth-order valence-electron chi connectivity index (χ4n) is 1.54. The molecule has 3 nitrogen and oxygen atoms in total. The first-order chi connectivity index (χ1) is 6.18. The lowest BCUT2D eigenvalue weighted by Crippen LogP contribution is -2.11. The zero-order valence-corrected chi connectivity index (χ0v) is 7.61. The highest BCUT2D eigenvalue weighted by molar-refractivity contribution is 5.40. The number of aromatic nitrogens is 2. The Balaban J connectivity index is 3.03. The van der Waals surface area contributed by atoms with Crippen LogP contribution in [0.25, 0.3) is 5.65 Å². The smallest absolute Gasteiger partial charge is 0.273 e. The fourth-order valence-corrected chi connectivity index (χ4v) is 1.54. The van der Waals surface area contributed by atoms with Crippen LogP contribution in [0, 0.1) is 13.8 Å². The normalized spacial score (nSPS) is 10.6. The first-order valence-corrected chi connectivity index (χ1v) is 4.14. The summed E-state index contributed by atoms with van der Waals surface area (Å²) in [6, 6.07) is 7.27. The summed E-state index contributed by atoms with van der Waals surface area (Å²) in [6.45, 7) is 3.90. The highest BCUT2D eigenvalue weighted by atomic mass is 16.1. The van der Waals surface area contributed by atoms with Gasteiger partial charge < -0.3 is 4.40 Å². The van der Waals surface area contributed by atoms with E-state index in [1.807, 2.05) is 36.4 Å². The molecule has 2 aromatic rings. The lowest BCUT2D eigenvalue weighted by atomic mass is 10.3. The minimum absolute atomic E-state index is 0.178. The molecular weight excluding hydrogens is 164 g/mol. The van der Waals surface area contributed by atoms with Crippen LogP contribution in [0.15, 0.2) is 29.1 Å². The molecule has 0 spiro atoms. The molecule has 0 amide bonds. The fraction of sp³-hybridized carbons (Fsp3) is 0.200. The van der Waals surface area contributed by atoms with Gasteiger partial charge in [-0.1, -0.05) is 6.07 Å². The topological polar surface area (TPSA) is 34.4 Å². The van der Waals surface area contributed by atoms with Crippen molar-refractivity contribution < 1.29 is 0 Å². The second-order valence-corrected chi connectivity index (χ2v) is 3.10. The van der Waals surface area contributed by atoms with E-state index in [9.17, 15) is 4.79 Å². The predicted octanol–water partition coefficient (Wildman–Crippen LogP) is 1.31. The van der Waals surface area contributed by atoms with Gasteiger partial charge in [0.2, 0.25) is 0 Å². The third-order valence-corrected chi connectivity index (χ3v) is 2.07. The largest absolute Gasteiger partial charge is 0.303 e. The predicted molar refractivity (Wildman–Crippen MR) is 50.9 cm³/mol. The summed E-state index contributed by atoms with van der Waals surface area (Å²) in [5.41, 5.74) is 2.55. The van der Waals surface area contributed by atoms with Crippen LogP contribution in [-0.4, -0.2) is 9.38 Å². The van der Waals surface area contributed by atoms with Crippen LogP contribution in [0.3, 0.4) is 0 Å². The van der Waals surface area contributed by atoms with Gasteiger partial charge in [0.05, 0.1) is 0 Å². The third kappa shape index (κ3) is 1.22. The summed E-state index contributed by atoms with van der Waals surface area (Å²) in [5.74, 6) is 0. The van der Waals surface area contributed by atoms with Gasteiger partial charge in [0.15, 0.2) is 0 Å². The van der Waals surface area contributed by atoms with Gasteiger partial charge in [0, 0.05) is 17.5 Å². The van der Waals surface area contributed by atoms with Crippen LogP contribution in [0.2, 0.25) is 0 Å². The van der Waals surface area contributed by atoms with Gasteiger partial charge in [-0.05, 0) is 26.0 Å². The molecule has 0 radical (unpaired) electrons. The van der Waals surface area contributed by atoms with E-state index in [-0.39, 0.29) is 5.56 Å². The van der Waals surface area contributed by atoms with Gasteiger partial charge in [-0.3, -0.25) is 4.79 Å². The van der Waals surface area contributed by atoms with Gasteiger partial charge in [-0.25, -0.2) is 0 Å². The number of hydrogen-bond acceptors (Lipinski definition) is 2. The molecule has 0 bridgehead atoms. The van der Waals surface area contributed by atoms with Crippen LogP contribution in [0.5, 0.6) is 0 Å². The summed E-state index contributed by atoms with van der Waals surface area (Å²) < 4.78 is 1.96. The summed E-state index contributed by atoms with van der Waals surface area (Å²) in [4.78, 5) is 15.0. The Labute approximate surface area is 75.7 Å². The van der Waals surface area contributed by atoms with Gasteiger partial charge in [-0.15, -0.1) is 0 Å². The zero-order valence-electron chi connectivity index (χ0n) is 7.61. The second-order valence-electron chi connectivity index (χ2n) is 3.10. The first kappa shape index (κ1) is 7.98. The van der Waals surface area contributed by atoms with Crippen LogP contribution in [0.1, 0.15) is 11.4 Å². The molecule has 0 aliphatic heterocycles. The Bertz CT molecular complexity index is 514. The summed E-state index contributed by atoms with van der Waals surface area (Å²) >= 11 is 0. The van der Waals surface area contributed by atoms with E-state index < -0.39 is 0 Å². The van der Waals surface area contributed by atoms with Crippen molar-refractivity contribution in [3.8, 4) is 0 Å². The van der Waals surface area contributed by atoms with Crippen molar-refractivity contribution in [3.05, 3.63) is 46.0 Å². The van der Waals surface area contributed by atoms with Crippen molar-refractivity contribution in [2.45, 2.75) is 13.8 Å². The van der Waals surface area contributed by atoms with E-state index in [0.717, 1.165) is 11.4 Å². The molecule has 0 aliphatic carbocycles. The highest BCUT2D eigenvalue weighted by Gasteiger charge is 1.99. The van der Waals surface area contributed by atoms with Crippen molar-refractivity contribution in [1.82, 2.24) is 9.38 Å². The van der Waals surface area contributed by atoms with E-state index in [1.54, 1.807) is 6.07 Å². The van der Waals surface area contributed by atoms with Crippen molar-refractivity contribution in [3.63, 3.8) is 0 Å². The number of rotatable bonds is 0. The molecule has 0 aromatic carbocycles. The molecule has 2 heterocycles. The van der Waals surface area contributed by atoms with E-state index in [0.29, 0.717) is 5.65 Å². The van der Waals surface area contributed by atoms with Crippen LogP contribution >= 0.6 is 0 Å². The lowest BCUT2D eigenvalue weighted by molar-refractivity contribution is 0.968. The first-order valence-electron chi connectivity index (χ1n) is 4.14. The van der Waals surface area contributed by atoms with E-state index in [4.69, 9.17) is 0 Å². The maximum absolute atomic E-state index is 11.1. The Kier molecular flexibility index (Phi) is 1.65.